The van der Waals surface area contributed by atoms with Crippen molar-refractivity contribution in [1.29, 1.82) is 0 Å². The second-order valence-corrected chi connectivity index (χ2v) is 9.44. The molecule has 1 aliphatic rings. The number of halogens is 3. The first kappa shape index (κ1) is 25.8. The zero-order chi connectivity index (χ0) is 21.8. The molecule has 2 atom stereocenters. The van der Waals surface area contributed by atoms with Crippen molar-refractivity contribution in [3.63, 3.8) is 0 Å². The Labute approximate surface area is 203 Å². The van der Waals surface area contributed by atoms with Gasteiger partial charge in [-0.05, 0) is 63.0 Å². The summed E-state index contributed by atoms with van der Waals surface area (Å²) >= 11 is 13.8. The lowest BCUT2D eigenvalue weighted by molar-refractivity contribution is -0.152. The zero-order valence-electron chi connectivity index (χ0n) is 17.5. The Kier molecular flexibility index (Phi) is 9.52. The van der Waals surface area contributed by atoms with E-state index in [1.165, 1.54) is 18.7 Å². The predicted molar refractivity (Wildman–Crippen MR) is 130 cm³/mol. The van der Waals surface area contributed by atoms with Gasteiger partial charge in [0, 0.05) is 28.4 Å². The Balaban J connectivity index is 0.00000341. The predicted octanol–water partition coefficient (Wildman–Crippen LogP) is 5.48. The summed E-state index contributed by atoms with van der Waals surface area (Å²) < 4.78 is 5.57. The molecule has 0 aromatic heterocycles. The van der Waals surface area contributed by atoms with Crippen LogP contribution in [0.3, 0.4) is 0 Å². The number of hydrogen-bond donors (Lipinski definition) is 0. The van der Waals surface area contributed by atoms with Crippen LogP contribution in [0.2, 0.25) is 10.0 Å². The quantitative estimate of drug-likeness (QED) is 0.489. The molecule has 3 rings (SSSR count). The lowest BCUT2D eigenvalue weighted by Crippen LogP contribution is -2.43. The minimum absolute atomic E-state index is 0. The first-order valence-corrected chi connectivity index (χ1v) is 11.2. The first-order chi connectivity index (χ1) is 14.3. The fraction of sp³-hybridized carbons (Fsp3) is 0.364. The average Bonchev–Trinajstić information content (AvgIpc) is 2.78. The number of nitrogens with zero attached hydrogens (tertiary/aromatic N) is 2. The van der Waals surface area contributed by atoms with Gasteiger partial charge in [-0.2, -0.15) is 0 Å². The average molecular weight is 504 g/mol. The molecule has 1 aliphatic heterocycles. The van der Waals surface area contributed by atoms with Gasteiger partial charge in [-0.1, -0.05) is 35.3 Å². The van der Waals surface area contributed by atoms with E-state index in [1.807, 2.05) is 32.3 Å². The van der Waals surface area contributed by atoms with Gasteiger partial charge in [-0.25, -0.2) is 0 Å². The van der Waals surface area contributed by atoms with Crippen LogP contribution in [-0.4, -0.2) is 50.1 Å². The van der Waals surface area contributed by atoms with Crippen molar-refractivity contribution < 1.29 is 14.3 Å². The molecule has 31 heavy (non-hydrogen) atoms. The molecule has 0 fully saturated rings. The fourth-order valence-corrected chi connectivity index (χ4v) is 4.95. The highest BCUT2D eigenvalue weighted by molar-refractivity contribution is 7.99. The second kappa shape index (κ2) is 11.4. The van der Waals surface area contributed by atoms with Crippen LogP contribution in [0.25, 0.3) is 0 Å². The van der Waals surface area contributed by atoms with Gasteiger partial charge < -0.3 is 14.5 Å². The molecule has 0 N–H and O–H groups in total. The van der Waals surface area contributed by atoms with E-state index in [2.05, 4.69) is 4.90 Å². The molecule has 0 saturated heterocycles. The smallest absolute Gasteiger partial charge is 0.303 e. The Bertz CT molecular complexity index is 925. The zero-order valence-corrected chi connectivity index (χ0v) is 20.7. The van der Waals surface area contributed by atoms with Crippen molar-refractivity contribution in [2.45, 2.75) is 29.6 Å². The van der Waals surface area contributed by atoms with Gasteiger partial charge in [-0.3, -0.25) is 9.59 Å². The van der Waals surface area contributed by atoms with Crippen LogP contribution < -0.4 is 4.90 Å². The SMILES string of the molecule is CC(=O)OC1C(=O)N(CCCN(C)C)c2cc(Cl)ccc2SC1c1ccc(Cl)cc1.Cl. The van der Waals surface area contributed by atoms with Crippen LogP contribution >= 0.6 is 47.4 Å². The van der Waals surface area contributed by atoms with Crippen molar-refractivity contribution in [3.8, 4) is 0 Å². The molecule has 1 heterocycles. The molecule has 0 bridgehead atoms. The van der Waals surface area contributed by atoms with Crippen LogP contribution in [-0.2, 0) is 14.3 Å². The van der Waals surface area contributed by atoms with Gasteiger partial charge in [0.2, 0.25) is 0 Å². The maximum Gasteiger partial charge on any atom is 0.303 e. The molecule has 0 spiro atoms. The lowest BCUT2D eigenvalue weighted by atomic mass is 10.1. The van der Waals surface area contributed by atoms with E-state index in [1.54, 1.807) is 29.2 Å². The van der Waals surface area contributed by atoms with Crippen LogP contribution in [0.4, 0.5) is 5.69 Å². The van der Waals surface area contributed by atoms with Gasteiger partial charge in [0.05, 0.1) is 10.9 Å². The molecular weight excluding hydrogens is 479 g/mol. The van der Waals surface area contributed by atoms with E-state index in [9.17, 15) is 9.59 Å². The van der Waals surface area contributed by atoms with Crippen LogP contribution in [0.15, 0.2) is 47.4 Å². The number of esters is 1. The van der Waals surface area contributed by atoms with E-state index < -0.39 is 17.3 Å². The lowest BCUT2D eigenvalue weighted by Gasteiger charge is -2.28. The molecule has 2 aromatic rings. The second-order valence-electron chi connectivity index (χ2n) is 7.38. The third-order valence-corrected chi connectivity index (χ3v) is 6.59. The Hall–Kier alpha value is -1.44. The highest BCUT2D eigenvalue weighted by Crippen LogP contribution is 2.47. The minimum Gasteiger partial charge on any atom is -0.451 e. The first-order valence-electron chi connectivity index (χ1n) is 9.61. The third kappa shape index (κ3) is 6.53. The van der Waals surface area contributed by atoms with Crippen molar-refractivity contribution in [1.82, 2.24) is 4.90 Å². The standard InChI is InChI=1S/C22H24Cl2N2O3S.ClH/c1-14(27)29-20-21(15-5-7-16(23)8-6-15)30-19-10-9-17(24)13-18(19)26(22(20)28)12-4-11-25(2)3;/h5-10,13,20-21H,4,11-12H2,1-3H3;1H. The molecule has 9 heteroatoms. The maximum absolute atomic E-state index is 13.6. The van der Waals surface area contributed by atoms with Gasteiger partial charge in [-0.15, -0.1) is 24.2 Å². The van der Waals surface area contributed by atoms with Crippen molar-refractivity contribution in [3.05, 3.63) is 58.1 Å². The molecule has 168 valence electrons. The highest BCUT2D eigenvalue weighted by atomic mass is 35.5. The normalized spacial score (nSPS) is 18.3. The number of thioether (sulfide) groups is 1. The Morgan fingerprint density at radius 3 is 2.39 bits per heavy atom. The molecular formula is C22H25Cl3N2O3S. The number of ether oxygens (including phenoxy) is 1. The number of fused-ring (bicyclic) bond motifs is 1. The van der Waals surface area contributed by atoms with E-state index in [-0.39, 0.29) is 18.3 Å². The number of benzene rings is 2. The van der Waals surface area contributed by atoms with E-state index >= 15 is 0 Å². The number of hydrogen-bond acceptors (Lipinski definition) is 5. The van der Waals surface area contributed by atoms with E-state index in [0.717, 1.165) is 29.1 Å². The van der Waals surface area contributed by atoms with Gasteiger partial charge >= 0.3 is 5.97 Å². The van der Waals surface area contributed by atoms with Crippen molar-refractivity contribution in [2.75, 3.05) is 32.1 Å². The molecule has 0 saturated carbocycles. The summed E-state index contributed by atoms with van der Waals surface area (Å²) in [6.07, 6.45) is -0.187. The van der Waals surface area contributed by atoms with Crippen LogP contribution in [0.5, 0.6) is 0 Å². The number of rotatable bonds is 6. The molecule has 5 nitrogen and oxygen atoms in total. The largest absolute Gasteiger partial charge is 0.451 e. The third-order valence-electron chi connectivity index (χ3n) is 4.73. The van der Waals surface area contributed by atoms with Crippen LogP contribution in [0, 0.1) is 0 Å². The van der Waals surface area contributed by atoms with Crippen molar-refractivity contribution >= 4 is 64.9 Å². The maximum atomic E-state index is 13.6. The Morgan fingerprint density at radius 1 is 1.13 bits per heavy atom. The number of amides is 1. The number of carbonyl (C=O) groups excluding carboxylic acids is 2. The van der Waals surface area contributed by atoms with Gasteiger partial charge in [0.1, 0.15) is 0 Å². The summed E-state index contributed by atoms with van der Waals surface area (Å²) in [4.78, 5) is 30.2. The van der Waals surface area contributed by atoms with Gasteiger partial charge in [0.15, 0.2) is 6.10 Å². The van der Waals surface area contributed by atoms with E-state index in [4.69, 9.17) is 27.9 Å². The Morgan fingerprint density at radius 2 is 1.77 bits per heavy atom. The molecule has 0 radical (unpaired) electrons. The molecule has 1 amide bonds. The van der Waals surface area contributed by atoms with Crippen LogP contribution in [0.1, 0.15) is 24.2 Å². The fourth-order valence-electron chi connectivity index (χ4n) is 3.36. The molecule has 2 unspecified atom stereocenters. The van der Waals surface area contributed by atoms with Gasteiger partial charge in [0.25, 0.3) is 5.91 Å². The molecule has 2 aromatic carbocycles. The van der Waals surface area contributed by atoms with E-state index in [0.29, 0.717) is 16.6 Å². The topological polar surface area (TPSA) is 49.9 Å². The summed E-state index contributed by atoms with van der Waals surface area (Å²) in [5, 5.41) is 0.747. The highest BCUT2D eigenvalue weighted by Gasteiger charge is 2.40. The summed E-state index contributed by atoms with van der Waals surface area (Å²) in [5.41, 5.74) is 1.60. The monoisotopic (exact) mass is 502 g/mol. The summed E-state index contributed by atoms with van der Waals surface area (Å²) in [6.45, 7) is 2.64. The summed E-state index contributed by atoms with van der Waals surface area (Å²) in [7, 11) is 3.98. The summed E-state index contributed by atoms with van der Waals surface area (Å²) in [5.74, 6) is -0.748. The summed E-state index contributed by atoms with van der Waals surface area (Å²) in [6, 6.07) is 12.8. The minimum atomic E-state index is -0.959. The molecule has 0 aliphatic carbocycles. The van der Waals surface area contributed by atoms with Crippen molar-refractivity contribution in [2.24, 2.45) is 0 Å². The number of carbonyl (C=O) groups is 2. The number of anilines is 1.